The van der Waals surface area contributed by atoms with Crippen molar-refractivity contribution in [3.63, 3.8) is 0 Å². The molecule has 3 aromatic rings. The molecule has 0 saturated carbocycles. The maximum atomic E-state index is 13.9. The van der Waals surface area contributed by atoms with E-state index in [0.717, 1.165) is 4.31 Å². The van der Waals surface area contributed by atoms with Crippen LogP contribution in [0.15, 0.2) is 77.7 Å². The van der Waals surface area contributed by atoms with Gasteiger partial charge in [-0.25, -0.2) is 8.42 Å². The molecular weight excluding hydrogens is 549 g/mol. The molecule has 0 aliphatic carbocycles. The van der Waals surface area contributed by atoms with Crippen molar-refractivity contribution in [3.05, 3.63) is 88.4 Å². The lowest BCUT2D eigenvalue weighted by molar-refractivity contribution is -0.140. The number of benzene rings is 3. The molecule has 0 bridgehead atoms. The Morgan fingerprint density at radius 1 is 1.00 bits per heavy atom. The molecule has 0 spiro atoms. The van der Waals surface area contributed by atoms with E-state index in [1.807, 2.05) is 0 Å². The van der Waals surface area contributed by atoms with Crippen LogP contribution >= 0.6 is 23.2 Å². The Balaban J connectivity index is 2.07. The molecule has 0 unspecified atom stereocenters. The summed E-state index contributed by atoms with van der Waals surface area (Å²) in [6.07, 6.45) is 0.304. The molecule has 0 saturated heterocycles. The lowest BCUT2D eigenvalue weighted by Gasteiger charge is -2.33. The number of hydrogen-bond donors (Lipinski definition) is 1. The topological polar surface area (TPSA) is 96.0 Å². The largest absolute Gasteiger partial charge is 0.497 e. The van der Waals surface area contributed by atoms with Gasteiger partial charge < -0.3 is 15.0 Å². The fraction of sp³-hybridized carbons (Fsp3) is 0.259. The monoisotopic (exact) mass is 577 g/mol. The number of ether oxygens (including phenoxy) is 1. The summed E-state index contributed by atoms with van der Waals surface area (Å²) in [5.74, 6) is -0.478. The maximum absolute atomic E-state index is 13.9. The van der Waals surface area contributed by atoms with E-state index in [1.165, 1.54) is 49.4 Å². The highest BCUT2D eigenvalue weighted by molar-refractivity contribution is 7.92. The van der Waals surface area contributed by atoms with Crippen LogP contribution in [0.5, 0.6) is 5.75 Å². The minimum Gasteiger partial charge on any atom is -0.497 e. The van der Waals surface area contributed by atoms with Gasteiger partial charge in [0.2, 0.25) is 11.8 Å². The molecule has 0 aliphatic rings. The number of anilines is 1. The van der Waals surface area contributed by atoms with Gasteiger partial charge in [0.15, 0.2) is 0 Å². The van der Waals surface area contributed by atoms with E-state index in [0.29, 0.717) is 27.8 Å². The fourth-order valence-corrected chi connectivity index (χ4v) is 5.72. The molecule has 0 radical (unpaired) electrons. The zero-order valence-electron chi connectivity index (χ0n) is 21.2. The van der Waals surface area contributed by atoms with Gasteiger partial charge in [0, 0.05) is 23.6 Å². The highest BCUT2D eigenvalue weighted by atomic mass is 35.5. The Kier molecular flexibility index (Phi) is 10.0. The molecule has 2 amide bonds. The molecule has 1 N–H and O–H groups in total. The quantitative estimate of drug-likeness (QED) is 0.354. The second kappa shape index (κ2) is 13.0. The van der Waals surface area contributed by atoms with Crippen molar-refractivity contribution in [2.75, 3.05) is 25.0 Å². The van der Waals surface area contributed by atoms with Crippen LogP contribution < -0.4 is 14.4 Å². The number of carbonyl (C=O) groups excluding carboxylic acids is 2. The number of nitrogens with one attached hydrogen (secondary N) is 1. The second-order valence-corrected chi connectivity index (χ2v) is 11.0. The van der Waals surface area contributed by atoms with Gasteiger partial charge >= 0.3 is 0 Å². The predicted octanol–water partition coefficient (Wildman–Crippen LogP) is 4.75. The van der Waals surface area contributed by atoms with Gasteiger partial charge in [0.25, 0.3) is 10.0 Å². The summed E-state index contributed by atoms with van der Waals surface area (Å²) in [5.41, 5.74) is 0.824. The summed E-state index contributed by atoms with van der Waals surface area (Å²) in [5, 5.41) is 3.31. The molecule has 0 aromatic heterocycles. The molecular formula is C27H29Cl2N3O5S. The standard InChI is InChI=1S/C27H29Cl2N3O5S/c1-4-25(27(34)30-2)31(17-19-8-5-6-11-24(19)29)26(33)18-32(21-10-7-9-20(28)16-21)38(35,36)23-14-12-22(37-3)13-15-23/h5-16,25H,4,17-18H2,1-3H3,(H,30,34)/t25-/m1/s1. The number of halogens is 2. The van der Waals surface area contributed by atoms with Crippen molar-refractivity contribution < 1.29 is 22.7 Å². The number of nitrogens with zero attached hydrogens (tertiary/aromatic N) is 2. The van der Waals surface area contributed by atoms with Gasteiger partial charge in [-0.15, -0.1) is 0 Å². The van der Waals surface area contributed by atoms with E-state index in [1.54, 1.807) is 49.4 Å². The number of carbonyl (C=O) groups is 2. The first kappa shape index (κ1) is 29.3. The molecule has 0 fully saturated rings. The molecule has 0 heterocycles. The van der Waals surface area contributed by atoms with Crippen molar-refractivity contribution in [1.82, 2.24) is 10.2 Å². The van der Waals surface area contributed by atoms with Crippen LogP contribution in [0.3, 0.4) is 0 Å². The average molecular weight is 579 g/mol. The van der Waals surface area contributed by atoms with Gasteiger partial charge in [-0.05, 0) is 60.5 Å². The number of rotatable bonds is 11. The number of amides is 2. The first-order valence-corrected chi connectivity index (χ1v) is 14.0. The SMILES string of the molecule is CC[C@H](C(=O)NC)N(Cc1ccccc1Cl)C(=O)CN(c1cccc(Cl)c1)S(=O)(=O)c1ccc(OC)cc1. The predicted molar refractivity (Wildman–Crippen MR) is 149 cm³/mol. The van der Waals surface area contributed by atoms with Crippen LogP contribution in [0, 0.1) is 0 Å². The third-order valence-corrected chi connectivity index (χ3v) is 8.35. The van der Waals surface area contributed by atoms with E-state index in [9.17, 15) is 18.0 Å². The Labute approximate surface area is 233 Å². The van der Waals surface area contributed by atoms with E-state index < -0.39 is 28.5 Å². The zero-order valence-corrected chi connectivity index (χ0v) is 23.6. The Hall–Kier alpha value is -3.27. The van der Waals surface area contributed by atoms with Gasteiger partial charge in [0.05, 0.1) is 17.7 Å². The molecule has 0 aliphatic heterocycles. The lowest BCUT2D eigenvalue weighted by Crippen LogP contribution is -2.51. The molecule has 202 valence electrons. The van der Waals surface area contributed by atoms with Gasteiger partial charge in [-0.1, -0.05) is 54.4 Å². The number of methoxy groups -OCH3 is 1. The summed E-state index contributed by atoms with van der Waals surface area (Å²) < 4.78 is 33.8. The van der Waals surface area contributed by atoms with E-state index >= 15 is 0 Å². The first-order valence-electron chi connectivity index (χ1n) is 11.8. The number of hydrogen-bond acceptors (Lipinski definition) is 5. The Morgan fingerprint density at radius 3 is 2.26 bits per heavy atom. The van der Waals surface area contributed by atoms with Crippen molar-refractivity contribution in [3.8, 4) is 5.75 Å². The average Bonchev–Trinajstić information content (AvgIpc) is 2.92. The summed E-state index contributed by atoms with van der Waals surface area (Å²) >= 11 is 12.5. The molecule has 8 nitrogen and oxygen atoms in total. The van der Waals surface area contributed by atoms with E-state index in [4.69, 9.17) is 27.9 Å². The number of sulfonamides is 1. The first-order chi connectivity index (χ1) is 18.1. The maximum Gasteiger partial charge on any atom is 0.264 e. The molecule has 11 heteroatoms. The molecule has 1 atom stereocenters. The van der Waals surface area contributed by atoms with Gasteiger partial charge in [0.1, 0.15) is 18.3 Å². The molecule has 3 rings (SSSR count). The summed E-state index contributed by atoms with van der Waals surface area (Å²) in [6, 6.07) is 18.2. The van der Waals surface area contributed by atoms with Crippen molar-refractivity contribution >= 4 is 50.7 Å². The normalized spacial score (nSPS) is 11.9. The lowest BCUT2D eigenvalue weighted by atomic mass is 10.1. The van der Waals surface area contributed by atoms with Crippen LogP contribution in [-0.4, -0.2) is 51.9 Å². The van der Waals surface area contributed by atoms with Crippen LogP contribution in [0.2, 0.25) is 10.0 Å². The summed E-state index contributed by atoms with van der Waals surface area (Å²) in [6.45, 7) is 1.21. The van der Waals surface area contributed by atoms with Crippen molar-refractivity contribution in [1.29, 1.82) is 0 Å². The second-order valence-electron chi connectivity index (χ2n) is 8.32. The van der Waals surface area contributed by atoms with Crippen LogP contribution in [0.25, 0.3) is 0 Å². The third-order valence-electron chi connectivity index (χ3n) is 5.95. The van der Waals surface area contributed by atoms with Crippen LogP contribution in [0.4, 0.5) is 5.69 Å². The molecule has 3 aromatic carbocycles. The fourth-order valence-electron chi connectivity index (χ4n) is 3.93. The highest BCUT2D eigenvalue weighted by Gasteiger charge is 2.33. The third kappa shape index (κ3) is 6.78. The van der Waals surface area contributed by atoms with E-state index in [2.05, 4.69) is 5.32 Å². The van der Waals surface area contributed by atoms with Crippen LogP contribution in [-0.2, 0) is 26.2 Å². The van der Waals surface area contributed by atoms with Gasteiger partial charge in [-0.2, -0.15) is 0 Å². The van der Waals surface area contributed by atoms with Crippen molar-refractivity contribution in [2.45, 2.75) is 30.8 Å². The Morgan fingerprint density at radius 2 is 1.68 bits per heavy atom. The minimum absolute atomic E-state index is 0.0103. The zero-order chi connectivity index (χ0) is 27.9. The van der Waals surface area contributed by atoms with Crippen LogP contribution in [0.1, 0.15) is 18.9 Å². The smallest absolute Gasteiger partial charge is 0.264 e. The molecule has 38 heavy (non-hydrogen) atoms. The summed E-state index contributed by atoms with van der Waals surface area (Å²) in [4.78, 5) is 27.9. The number of likely N-dealkylation sites (N-methyl/N-ethyl adjacent to an activating group) is 1. The highest BCUT2D eigenvalue weighted by Crippen LogP contribution is 2.28. The van der Waals surface area contributed by atoms with Gasteiger partial charge in [-0.3, -0.25) is 13.9 Å². The minimum atomic E-state index is -4.22. The Bertz CT molecular complexity index is 1380. The van der Waals surface area contributed by atoms with E-state index in [-0.39, 0.29) is 23.0 Å². The van der Waals surface area contributed by atoms with Crippen molar-refractivity contribution in [2.24, 2.45) is 0 Å². The summed E-state index contributed by atoms with van der Waals surface area (Å²) in [7, 11) is -1.26.